The summed E-state index contributed by atoms with van der Waals surface area (Å²) in [5.41, 5.74) is 4.19. The predicted octanol–water partition coefficient (Wildman–Crippen LogP) is 1.83. The lowest BCUT2D eigenvalue weighted by molar-refractivity contribution is -0.133. The van der Waals surface area contributed by atoms with Gasteiger partial charge in [-0.2, -0.15) is 0 Å². The first-order valence-electron chi connectivity index (χ1n) is 11.0. The molecule has 1 aliphatic carbocycles. The number of piperidine rings is 1. The van der Waals surface area contributed by atoms with Crippen molar-refractivity contribution in [2.24, 2.45) is 12.5 Å². The maximum atomic E-state index is 12.4. The van der Waals surface area contributed by atoms with Gasteiger partial charge >= 0.3 is 0 Å². The molecule has 0 aromatic carbocycles. The van der Waals surface area contributed by atoms with E-state index in [2.05, 4.69) is 17.0 Å². The number of rotatable bonds is 3. The largest absolute Gasteiger partial charge is 0.387 e. The standard InChI is InChI=1S/C24H28N4O3/c1-26-14-20(18-3-2-4-19(18)23(26)31)17-5-6-21(25-13-17)27-10-7-24(8-11-27)9-12-28(16-24)22(30)15-29/h2-3,5-6,13-14,29H,4,7-12,15-16H2,1H3. The van der Waals surface area contributed by atoms with E-state index in [0.29, 0.717) is 6.42 Å². The molecule has 31 heavy (non-hydrogen) atoms. The maximum Gasteiger partial charge on any atom is 0.254 e. The molecule has 0 radical (unpaired) electrons. The van der Waals surface area contributed by atoms with Gasteiger partial charge in [0.15, 0.2) is 0 Å². The molecule has 7 nitrogen and oxygen atoms in total. The number of amides is 1. The Morgan fingerprint density at radius 3 is 2.68 bits per heavy atom. The minimum Gasteiger partial charge on any atom is -0.387 e. The highest BCUT2D eigenvalue weighted by Crippen LogP contribution is 2.41. The molecule has 5 rings (SSSR count). The predicted molar refractivity (Wildman–Crippen MR) is 120 cm³/mol. The van der Waals surface area contributed by atoms with Crippen LogP contribution in [0.2, 0.25) is 0 Å². The molecular formula is C24H28N4O3. The second kappa shape index (κ2) is 7.64. The van der Waals surface area contributed by atoms with Gasteiger partial charge in [-0.3, -0.25) is 9.59 Å². The summed E-state index contributed by atoms with van der Waals surface area (Å²) in [6.07, 6.45) is 11.7. The van der Waals surface area contributed by atoms with Crippen molar-refractivity contribution in [3.05, 3.63) is 52.1 Å². The van der Waals surface area contributed by atoms with Gasteiger partial charge in [0.05, 0.1) is 0 Å². The smallest absolute Gasteiger partial charge is 0.254 e. The number of aryl methyl sites for hydroxylation is 1. The molecule has 3 aliphatic rings. The van der Waals surface area contributed by atoms with Gasteiger partial charge in [0.1, 0.15) is 12.4 Å². The number of carbonyl (C=O) groups excluding carboxylic acids is 1. The molecule has 2 fully saturated rings. The van der Waals surface area contributed by atoms with Crippen molar-refractivity contribution in [2.45, 2.75) is 25.7 Å². The van der Waals surface area contributed by atoms with Gasteiger partial charge in [0.2, 0.25) is 5.91 Å². The molecule has 2 saturated heterocycles. The summed E-state index contributed by atoms with van der Waals surface area (Å²) in [5.74, 6) is 0.813. The van der Waals surface area contributed by atoms with Gasteiger partial charge in [-0.1, -0.05) is 12.2 Å². The maximum absolute atomic E-state index is 12.4. The van der Waals surface area contributed by atoms with E-state index in [9.17, 15) is 9.59 Å². The topological polar surface area (TPSA) is 78.7 Å². The highest BCUT2D eigenvalue weighted by molar-refractivity contribution is 5.79. The highest BCUT2D eigenvalue weighted by atomic mass is 16.3. The summed E-state index contributed by atoms with van der Waals surface area (Å²) in [6.45, 7) is 2.96. The molecule has 1 amide bonds. The molecule has 2 aromatic heterocycles. The second-order valence-corrected chi connectivity index (χ2v) is 9.07. The SMILES string of the molecule is Cn1cc(-c2ccc(N3CCC4(CCN(C(=O)CO)C4)CC3)nc2)c2c(c1=O)CC=C2. The minimum atomic E-state index is -0.396. The number of nitrogens with zero attached hydrogens (tertiary/aromatic N) is 4. The third-order valence-electron chi connectivity index (χ3n) is 7.26. The Morgan fingerprint density at radius 1 is 1.19 bits per heavy atom. The molecule has 0 saturated carbocycles. The van der Waals surface area contributed by atoms with E-state index in [0.717, 1.165) is 73.5 Å². The number of carbonyl (C=O) groups is 1. The number of hydrogen-bond acceptors (Lipinski definition) is 5. The first-order chi connectivity index (χ1) is 15.0. The lowest BCUT2D eigenvalue weighted by Gasteiger charge is -2.39. The van der Waals surface area contributed by atoms with Gasteiger partial charge in [0, 0.05) is 62.3 Å². The van der Waals surface area contributed by atoms with Crippen LogP contribution in [0.1, 0.15) is 30.4 Å². The van der Waals surface area contributed by atoms with Crippen LogP contribution in [0.3, 0.4) is 0 Å². The number of aromatic nitrogens is 2. The lowest BCUT2D eigenvalue weighted by Crippen LogP contribution is -2.42. The number of hydrogen-bond donors (Lipinski definition) is 1. The average Bonchev–Trinajstić information content (AvgIpc) is 3.45. The Kier molecular flexibility index (Phi) is 4.93. The molecule has 162 valence electrons. The summed E-state index contributed by atoms with van der Waals surface area (Å²) < 4.78 is 1.66. The van der Waals surface area contributed by atoms with Crippen molar-refractivity contribution < 1.29 is 9.90 Å². The normalized spacial score (nSPS) is 19.3. The Bertz CT molecular complexity index is 1100. The Hall–Kier alpha value is -2.93. The summed E-state index contributed by atoms with van der Waals surface area (Å²) in [4.78, 5) is 33.0. The summed E-state index contributed by atoms with van der Waals surface area (Å²) in [5, 5.41) is 9.13. The van der Waals surface area contributed by atoms with E-state index in [-0.39, 0.29) is 16.9 Å². The first kappa shape index (κ1) is 20.0. The Balaban J connectivity index is 1.30. The molecule has 0 unspecified atom stereocenters. The van der Waals surface area contributed by atoms with Gasteiger partial charge in [-0.05, 0) is 48.8 Å². The van der Waals surface area contributed by atoms with Gasteiger partial charge < -0.3 is 19.5 Å². The molecular weight excluding hydrogens is 392 g/mol. The van der Waals surface area contributed by atoms with Crippen molar-refractivity contribution >= 4 is 17.8 Å². The van der Waals surface area contributed by atoms with E-state index in [1.165, 1.54) is 0 Å². The molecule has 2 aliphatic heterocycles. The number of pyridine rings is 2. The monoisotopic (exact) mass is 420 g/mol. The minimum absolute atomic E-state index is 0.0711. The molecule has 4 heterocycles. The third-order valence-corrected chi connectivity index (χ3v) is 7.26. The van der Waals surface area contributed by atoms with Gasteiger partial charge in [0.25, 0.3) is 5.56 Å². The number of aliphatic hydroxyl groups is 1. The quantitative estimate of drug-likeness (QED) is 0.820. The van der Waals surface area contributed by atoms with Crippen LogP contribution in [-0.2, 0) is 18.3 Å². The van der Waals surface area contributed by atoms with Crippen LogP contribution in [0, 0.1) is 5.41 Å². The number of fused-ring (bicyclic) bond motifs is 1. The van der Waals surface area contributed by atoms with Crippen molar-refractivity contribution in [1.82, 2.24) is 14.5 Å². The van der Waals surface area contributed by atoms with Crippen LogP contribution in [0.4, 0.5) is 5.82 Å². The van der Waals surface area contributed by atoms with Crippen LogP contribution < -0.4 is 10.5 Å². The fraction of sp³-hybridized carbons (Fsp3) is 0.458. The fourth-order valence-corrected chi connectivity index (χ4v) is 5.32. The molecule has 1 N–H and O–H groups in total. The van der Waals surface area contributed by atoms with Crippen LogP contribution in [0.15, 0.2) is 35.4 Å². The van der Waals surface area contributed by atoms with Gasteiger partial charge in [-0.25, -0.2) is 4.98 Å². The third kappa shape index (κ3) is 3.47. The molecule has 0 atom stereocenters. The molecule has 0 bridgehead atoms. The zero-order chi connectivity index (χ0) is 21.6. The Labute approximate surface area is 181 Å². The molecule has 1 spiro atoms. The van der Waals surface area contributed by atoms with Crippen molar-refractivity contribution in [2.75, 3.05) is 37.7 Å². The fourth-order valence-electron chi connectivity index (χ4n) is 5.32. The molecule has 2 aromatic rings. The van der Waals surface area contributed by atoms with E-state index in [1.54, 1.807) is 11.6 Å². The number of likely N-dealkylation sites (tertiary alicyclic amines) is 1. The average molecular weight is 421 g/mol. The zero-order valence-corrected chi connectivity index (χ0v) is 17.9. The van der Waals surface area contributed by atoms with Crippen molar-refractivity contribution in [3.8, 4) is 11.1 Å². The Morgan fingerprint density at radius 2 is 1.97 bits per heavy atom. The van der Waals surface area contributed by atoms with Crippen molar-refractivity contribution in [1.29, 1.82) is 0 Å². The van der Waals surface area contributed by atoms with Gasteiger partial charge in [-0.15, -0.1) is 0 Å². The van der Waals surface area contributed by atoms with E-state index in [1.807, 2.05) is 29.4 Å². The number of anilines is 1. The van der Waals surface area contributed by atoms with Crippen LogP contribution in [0.25, 0.3) is 17.2 Å². The molecule has 7 heteroatoms. The summed E-state index contributed by atoms with van der Waals surface area (Å²) in [7, 11) is 1.80. The van der Waals surface area contributed by atoms with E-state index in [4.69, 9.17) is 10.1 Å². The highest BCUT2D eigenvalue weighted by Gasteiger charge is 2.42. The number of allylic oxidation sites excluding steroid dienone is 1. The van der Waals surface area contributed by atoms with E-state index >= 15 is 0 Å². The van der Waals surface area contributed by atoms with E-state index < -0.39 is 6.61 Å². The van der Waals surface area contributed by atoms with Crippen molar-refractivity contribution in [3.63, 3.8) is 0 Å². The van der Waals surface area contributed by atoms with Crippen LogP contribution in [0.5, 0.6) is 0 Å². The summed E-state index contributed by atoms with van der Waals surface area (Å²) >= 11 is 0. The lowest BCUT2D eigenvalue weighted by atomic mass is 9.78. The van der Waals surface area contributed by atoms with Crippen LogP contribution >= 0.6 is 0 Å². The second-order valence-electron chi connectivity index (χ2n) is 9.07. The number of aliphatic hydroxyl groups excluding tert-OH is 1. The summed E-state index contributed by atoms with van der Waals surface area (Å²) in [6, 6.07) is 4.16. The zero-order valence-electron chi connectivity index (χ0n) is 17.9. The van der Waals surface area contributed by atoms with Crippen LogP contribution in [-0.4, -0.2) is 58.3 Å². The first-order valence-corrected chi connectivity index (χ1v) is 11.0.